The minimum atomic E-state index is -0.585. The van der Waals surface area contributed by atoms with Crippen LogP contribution in [0, 0.1) is 17.8 Å². The van der Waals surface area contributed by atoms with Gasteiger partial charge in [-0.15, -0.1) is 0 Å². The molecule has 1 unspecified atom stereocenters. The summed E-state index contributed by atoms with van der Waals surface area (Å²) in [4.78, 5) is 27.3. The number of nitrogens with zero attached hydrogens (tertiary/aromatic N) is 1. The molecule has 0 saturated heterocycles. The number of aliphatic hydroxyl groups is 1. The van der Waals surface area contributed by atoms with E-state index in [9.17, 15) is 14.7 Å². The molecule has 5 N–H and O–H groups in total. The van der Waals surface area contributed by atoms with Gasteiger partial charge in [-0.25, -0.2) is 0 Å². The van der Waals surface area contributed by atoms with Gasteiger partial charge in [-0.2, -0.15) is 0 Å². The summed E-state index contributed by atoms with van der Waals surface area (Å²) in [6, 6.07) is -0.585. The van der Waals surface area contributed by atoms with Gasteiger partial charge in [0.15, 0.2) is 5.78 Å². The molecule has 0 aromatic rings. The van der Waals surface area contributed by atoms with Crippen molar-refractivity contribution in [3.63, 3.8) is 0 Å². The summed E-state index contributed by atoms with van der Waals surface area (Å²) in [5, 5.41) is 10.0. The van der Waals surface area contributed by atoms with Crippen LogP contribution in [0.15, 0.2) is 23.4 Å². The van der Waals surface area contributed by atoms with Gasteiger partial charge in [-0.3, -0.25) is 9.59 Å². The first-order valence-corrected chi connectivity index (χ1v) is 10.1. The highest BCUT2D eigenvalue weighted by molar-refractivity contribution is 6.00. The Morgan fingerprint density at radius 2 is 1.85 bits per heavy atom. The average molecular weight is 380 g/mol. The molecule has 6 heteroatoms. The molecule has 1 aliphatic rings. The molecule has 0 aromatic carbocycles. The summed E-state index contributed by atoms with van der Waals surface area (Å²) in [5.41, 5.74) is 13.1. The van der Waals surface area contributed by atoms with Crippen LogP contribution in [0.3, 0.4) is 0 Å². The van der Waals surface area contributed by atoms with E-state index in [0.29, 0.717) is 30.7 Å². The largest absolute Gasteiger partial charge is 0.393 e. The molecule has 0 fully saturated rings. The minimum absolute atomic E-state index is 0.00164. The van der Waals surface area contributed by atoms with Gasteiger partial charge in [0.25, 0.3) is 0 Å². The molecule has 0 aliphatic carbocycles. The Bertz CT molecular complexity index is 583. The summed E-state index contributed by atoms with van der Waals surface area (Å²) in [7, 11) is 0. The first-order chi connectivity index (χ1) is 12.7. The van der Waals surface area contributed by atoms with E-state index in [1.165, 1.54) is 0 Å². The molecular weight excluding hydrogens is 342 g/mol. The zero-order valence-electron chi connectivity index (χ0n) is 17.4. The second kappa shape index (κ2) is 10.7. The van der Waals surface area contributed by atoms with Gasteiger partial charge in [0.2, 0.25) is 5.91 Å². The maximum atomic E-state index is 13.0. The molecule has 0 radical (unpaired) electrons. The standard InChI is InChI=1S/C21H37N3O3/c1-6-14(5)19(23)21(27)24-9-8-15(10-16(24)12-22)20(26)18(13(3)4)11-17(25)7-2/h8,10,13-14,17-19,25H,6-7,9,11-12,22-23H2,1-5H3/t14-,17-,18?,19-/m0/s1. The molecule has 1 amide bonds. The Balaban J connectivity index is 3.00. The molecule has 1 heterocycles. The van der Waals surface area contributed by atoms with E-state index < -0.39 is 12.1 Å². The van der Waals surface area contributed by atoms with Gasteiger partial charge >= 0.3 is 0 Å². The molecule has 0 spiro atoms. The zero-order valence-corrected chi connectivity index (χ0v) is 17.4. The number of nitrogens with two attached hydrogens (primary N) is 2. The highest BCUT2D eigenvalue weighted by Gasteiger charge is 2.31. The first-order valence-electron chi connectivity index (χ1n) is 10.1. The van der Waals surface area contributed by atoms with Crippen molar-refractivity contribution in [1.29, 1.82) is 0 Å². The Morgan fingerprint density at radius 1 is 1.22 bits per heavy atom. The van der Waals surface area contributed by atoms with E-state index in [2.05, 4.69) is 0 Å². The number of aliphatic hydroxyl groups excluding tert-OH is 1. The summed E-state index contributed by atoms with van der Waals surface area (Å²) in [6.45, 7) is 10.3. The lowest BCUT2D eigenvalue weighted by Crippen LogP contribution is -2.48. The summed E-state index contributed by atoms with van der Waals surface area (Å²) < 4.78 is 0. The van der Waals surface area contributed by atoms with E-state index in [1.807, 2.05) is 34.6 Å². The lowest BCUT2D eigenvalue weighted by Gasteiger charge is -2.32. The molecule has 0 saturated carbocycles. The van der Waals surface area contributed by atoms with E-state index in [-0.39, 0.29) is 36.0 Å². The third-order valence-corrected chi connectivity index (χ3v) is 5.60. The second-order valence-corrected chi connectivity index (χ2v) is 7.87. The molecule has 4 atom stereocenters. The van der Waals surface area contributed by atoms with Gasteiger partial charge < -0.3 is 21.5 Å². The summed E-state index contributed by atoms with van der Waals surface area (Å²) in [5.74, 6) is -0.226. The van der Waals surface area contributed by atoms with E-state index >= 15 is 0 Å². The van der Waals surface area contributed by atoms with Crippen molar-refractivity contribution in [3.05, 3.63) is 23.4 Å². The Hall–Kier alpha value is -1.50. The third-order valence-electron chi connectivity index (χ3n) is 5.60. The van der Waals surface area contributed by atoms with Crippen LogP contribution in [0.1, 0.15) is 53.9 Å². The molecule has 1 rings (SSSR count). The van der Waals surface area contributed by atoms with E-state index in [1.54, 1.807) is 17.1 Å². The predicted molar refractivity (Wildman–Crippen MR) is 109 cm³/mol. The monoisotopic (exact) mass is 379 g/mol. The fourth-order valence-corrected chi connectivity index (χ4v) is 3.23. The van der Waals surface area contributed by atoms with Gasteiger partial charge in [0.05, 0.1) is 12.1 Å². The number of carbonyl (C=O) groups excluding carboxylic acids is 2. The van der Waals surface area contributed by atoms with Crippen molar-refractivity contribution < 1.29 is 14.7 Å². The molecule has 0 bridgehead atoms. The van der Waals surface area contributed by atoms with Crippen molar-refractivity contribution in [3.8, 4) is 0 Å². The van der Waals surface area contributed by atoms with Crippen molar-refractivity contribution in [2.45, 2.75) is 66.0 Å². The highest BCUT2D eigenvalue weighted by atomic mass is 16.3. The quantitative estimate of drug-likeness (QED) is 0.537. The summed E-state index contributed by atoms with van der Waals surface area (Å²) in [6.07, 6.45) is 4.87. The van der Waals surface area contributed by atoms with Gasteiger partial charge in [-0.1, -0.05) is 47.1 Å². The van der Waals surface area contributed by atoms with Gasteiger partial charge in [0.1, 0.15) is 0 Å². The van der Waals surface area contributed by atoms with Crippen LogP contribution < -0.4 is 11.5 Å². The number of ketones is 1. The van der Waals surface area contributed by atoms with Crippen LogP contribution in [-0.2, 0) is 9.59 Å². The number of hydrogen-bond acceptors (Lipinski definition) is 5. The number of allylic oxidation sites excluding steroid dienone is 2. The maximum absolute atomic E-state index is 13.0. The Kier molecular flexibility index (Phi) is 9.36. The maximum Gasteiger partial charge on any atom is 0.244 e. The van der Waals surface area contributed by atoms with Crippen LogP contribution in [0.4, 0.5) is 0 Å². The number of hydrogen-bond donors (Lipinski definition) is 3. The predicted octanol–water partition coefficient (Wildman–Crippen LogP) is 1.97. The summed E-state index contributed by atoms with van der Waals surface area (Å²) >= 11 is 0. The van der Waals surface area contributed by atoms with Crippen LogP contribution in [0.25, 0.3) is 0 Å². The van der Waals surface area contributed by atoms with E-state index in [4.69, 9.17) is 11.5 Å². The Labute approximate surface area is 163 Å². The second-order valence-electron chi connectivity index (χ2n) is 7.87. The number of rotatable bonds is 10. The van der Waals surface area contributed by atoms with Crippen molar-refractivity contribution in [1.82, 2.24) is 4.90 Å². The Morgan fingerprint density at radius 3 is 2.33 bits per heavy atom. The van der Waals surface area contributed by atoms with Crippen LogP contribution in [0.5, 0.6) is 0 Å². The highest BCUT2D eigenvalue weighted by Crippen LogP contribution is 2.26. The van der Waals surface area contributed by atoms with Crippen molar-refractivity contribution in [2.75, 3.05) is 13.1 Å². The van der Waals surface area contributed by atoms with Crippen molar-refractivity contribution in [2.24, 2.45) is 29.2 Å². The molecule has 1 aliphatic heterocycles. The van der Waals surface area contributed by atoms with Crippen LogP contribution in [-0.4, -0.2) is 46.9 Å². The SMILES string of the molecule is CC[C@H](O)CC(C(=O)C1=CCN(C(=O)[C@@H](N)[C@@H](C)CC)C(CN)=C1)C(C)C. The third kappa shape index (κ3) is 5.99. The first kappa shape index (κ1) is 23.5. The molecule has 27 heavy (non-hydrogen) atoms. The fourth-order valence-electron chi connectivity index (χ4n) is 3.23. The van der Waals surface area contributed by atoms with Gasteiger partial charge in [-0.05, 0) is 30.8 Å². The molecular formula is C21H37N3O3. The number of carbonyl (C=O) groups is 2. The average Bonchev–Trinajstić information content (AvgIpc) is 2.68. The smallest absolute Gasteiger partial charge is 0.244 e. The minimum Gasteiger partial charge on any atom is -0.393 e. The van der Waals surface area contributed by atoms with Crippen molar-refractivity contribution >= 4 is 11.7 Å². The fraction of sp³-hybridized carbons (Fsp3) is 0.714. The van der Waals surface area contributed by atoms with Crippen LogP contribution in [0.2, 0.25) is 0 Å². The lowest BCUT2D eigenvalue weighted by molar-refractivity contribution is -0.131. The topological polar surface area (TPSA) is 110 Å². The number of amides is 1. The molecule has 6 nitrogen and oxygen atoms in total. The van der Waals surface area contributed by atoms with Gasteiger partial charge in [0, 0.05) is 30.3 Å². The normalized spacial score (nSPS) is 19.2. The molecule has 0 aromatic heterocycles. The number of Topliss-reactive ketones (excluding diaryl/α,β-unsaturated/α-hetero) is 1. The van der Waals surface area contributed by atoms with Crippen LogP contribution >= 0.6 is 0 Å². The zero-order chi connectivity index (χ0) is 20.7. The molecule has 154 valence electrons. The lowest BCUT2D eigenvalue weighted by atomic mass is 9.82. The van der Waals surface area contributed by atoms with E-state index in [0.717, 1.165) is 6.42 Å².